The highest BCUT2D eigenvalue weighted by Gasteiger charge is 2.29. The van der Waals surface area contributed by atoms with Gasteiger partial charge in [0.25, 0.3) is 0 Å². The zero-order valence-electron chi connectivity index (χ0n) is 5.89. The molecule has 2 heteroatoms. The number of rotatable bonds is 1. The van der Waals surface area contributed by atoms with Crippen molar-refractivity contribution >= 4 is 5.97 Å². The van der Waals surface area contributed by atoms with Crippen LogP contribution in [0.2, 0.25) is 0 Å². The number of hydrogen-bond donors (Lipinski definition) is 0. The molecule has 0 N–H and O–H groups in total. The molecule has 0 aliphatic carbocycles. The Labute approximate surface area is 55.2 Å². The first kappa shape index (κ1) is 6.59. The van der Waals surface area contributed by atoms with Crippen LogP contribution >= 0.6 is 0 Å². The highest BCUT2D eigenvalue weighted by atomic mass is 16.5. The van der Waals surface area contributed by atoms with E-state index in [1.165, 1.54) is 0 Å². The molecule has 0 aromatic heterocycles. The molecule has 2 nitrogen and oxygen atoms in total. The van der Waals surface area contributed by atoms with Gasteiger partial charge in [-0.25, -0.2) is 0 Å². The summed E-state index contributed by atoms with van der Waals surface area (Å²) in [5.41, 5.74) is 0. The maximum atomic E-state index is 10.7. The van der Waals surface area contributed by atoms with Gasteiger partial charge in [0.1, 0.15) is 6.10 Å². The second-order valence-electron chi connectivity index (χ2n) is 2.60. The van der Waals surface area contributed by atoms with Crippen molar-refractivity contribution in [3.63, 3.8) is 0 Å². The van der Waals surface area contributed by atoms with E-state index in [4.69, 9.17) is 4.74 Å². The van der Waals surface area contributed by atoms with E-state index in [2.05, 4.69) is 0 Å². The van der Waals surface area contributed by atoms with Gasteiger partial charge in [0.05, 0.1) is 5.92 Å². The van der Waals surface area contributed by atoms with Crippen LogP contribution in [-0.4, -0.2) is 12.1 Å². The van der Waals surface area contributed by atoms with Crippen molar-refractivity contribution in [2.75, 3.05) is 0 Å². The van der Waals surface area contributed by atoms with Gasteiger partial charge in [-0.05, 0) is 12.8 Å². The molecule has 1 heterocycles. The van der Waals surface area contributed by atoms with Crippen molar-refractivity contribution in [2.24, 2.45) is 5.92 Å². The molecular weight excluding hydrogens is 116 g/mol. The zero-order valence-corrected chi connectivity index (χ0v) is 5.89. The highest BCUT2D eigenvalue weighted by molar-refractivity contribution is 5.74. The van der Waals surface area contributed by atoms with Crippen molar-refractivity contribution in [3.8, 4) is 0 Å². The second kappa shape index (κ2) is 2.38. The predicted octanol–water partition coefficient (Wildman–Crippen LogP) is 1.35. The maximum absolute atomic E-state index is 10.7. The predicted molar refractivity (Wildman–Crippen MR) is 34.0 cm³/mol. The summed E-state index contributed by atoms with van der Waals surface area (Å²) in [5.74, 6) is 0.108. The molecule has 9 heavy (non-hydrogen) atoms. The van der Waals surface area contributed by atoms with Crippen LogP contribution in [0.1, 0.15) is 26.7 Å². The summed E-state index contributed by atoms with van der Waals surface area (Å²) in [7, 11) is 0. The smallest absolute Gasteiger partial charge is 0.309 e. The lowest BCUT2D eigenvalue weighted by Crippen LogP contribution is -2.04. The summed E-state index contributed by atoms with van der Waals surface area (Å²) >= 11 is 0. The molecule has 2 atom stereocenters. The Bertz CT molecular complexity index is 120. The van der Waals surface area contributed by atoms with Crippen LogP contribution in [-0.2, 0) is 9.53 Å². The molecule has 1 rings (SSSR count). The van der Waals surface area contributed by atoms with Gasteiger partial charge >= 0.3 is 5.97 Å². The van der Waals surface area contributed by atoms with Crippen molar-refractivity contribution < 1.29 is 9.53 Å². The number of carbonyl (C=O) groups is 1. The fraction of sp³-hybridized carbons (Fsp3) is 0.857. The molecule has 0 bridgehead atoms. The van der Waals surface area contributed by atoms with Crippen LogP contribution in [0.3, 0.4) is 0 Å². The maximum Gasteiger partial charge on any atom is 0.309 e. The molecule has 0 aromatic carbocycles. The average Bonchev–Trinajstić information content (AvgIpc) is 2.13. The molecule has 52 valence electrons. The number of cyclic esters (lactones) is 1. The summed E-state index contributed by atoms with van der Waals surface area (Å²) < 4.78 is 4.98. The highest BCUT2D eigenvalue weighted by Crippen LogP contribution is 2.21. The molecule has 0 amide bonds. The van der Waals surface area contributed by atoms with Gasteiger partial charge in [0, 0.05) is 0 Å². The second-order valence-corrected chi connectivity index (χ2v) is 2.60. The van der Waals surface area contributed by atoms with Crippen LogP contribution in [0.15, 0.2) is 0 Å². The molecule has 0 aromatic rings. The molecule has 0 saturated carbocycles. The number of ether oxygens (including phenoxy) is 1. The summed E-state index contributed by atoms with van der Waals surface area (Å²) in [5, 5.41) is 0. The standard InChI is InChI=1S/C7H12O2/c1-3-6-4-5(2)7(8)9-6/h5-6H,3-4H2,1-2H3. The Balaban J connectivity index is 2.44. The lowest BCUT2D eigenvalue weighted by molar-refractivity contribution is -0.143. The summed E-state index contributed by atoms with van der Waals surface area (Å²) in [4.78, 5) is 10.7. The first-order chi connectivity index (χ1) is 4.24. The summed E-state index contributed by atoms with van der Waals surface area (Å²) in [6, 6.07) is 0. The van der Waals surface area contributed by atoms with Gasteiger partial charge in [-0.2, -0.15) is 0 Å². The minimum atomic E-state index is -0.0261. The van der Waals surface area contributed by atoms with Crippen molar-refractivity contribution in [3.05, 3.63) is 0 Å². The van der Waals surface area contributed by atoms with Gasteiger partial charge in [0.2, 0.25) is 0 Å². The number of hydrogen-bond acceptors (Lipinski definition) is 2. The minimum absolute atomic E-state index is 0.0261. The van der Waals surface area contributed by atoms with Gasteiger partial charge in [-0.3, -0.25) is 4.79 Å². The third-order valence-corrected chi connectivity index (χ3v) is 1.76. The molecule has 1 fully saturated rings. The van der Waals surface area contributed by atoms with E-state index in [1.54, 1.807) is 0 Å². The molecule has 0 spiro atoms. The van der Waals surface area contributed by atoms with Crippen LogP contribution in [0, 0.1) is 5.92 Å². The van der Waals surface area contributed by atoms with E-state index in [-0.39, 0.29) is 18.0 Å². The van der Waals surface area contributed by atoms with Crippen molar-refractivity contribution in [1.29, 1.82) is 0 Å². The minimum Gasteiger partial charge on any atom is -0.462 e. The Morgan fingerprint density at radius 1 is 1.78 bits per heavy atom. The monoisotopic (exact) mass is 128 g/mol. The largest absolute Gasteiger partial charge is 0.462 e. The van der Waals surface area contributed by atoms with Gasteiger partial charge in [-0.1, -0.05) is 13.8 Å². The molecule has 1 aliphatic rings. The Hall–Kier alpha value is -0.530. The summed E-state index contributed by atoms with van der Waals surface area (Å²) in [6.45, 7) is 3.95. The van der Waals surface area contributed by atoms with E-state index >= 15 is 0 Å². The normalized spacial score (nSPS) is 34.7. The van der Waals surface area contributed by atoms with E-state index < -0.39 is 0 Å². The molecular formula is C7H12O2. The van der Waals surface area contributed by atoms with E-state index in [0.29, 0.717) is 0 Å². The third kappa shape index (κ3) is 1.23. The molecule has 0 radical (unpaired) electrons. The zero-order chi connectivity index (χ0) is 6.85. The Kier molecular flexibility index (Phi) is 1.74. The lowest BCUT2D eigenvalue weighted by atomic mass is 10.1. The fourth-order valence-corrected chi connectivity index (χ4v) is 1.07. The lowest BCUT2D eigenvalue weighted by Gasteiger charge is -2.01. The Morgan fingerprint density at radius 3 is 2.67 bits per heavy atom. The first-order valence-corrected chi connectivity index (χ1v) is 3.44. The first-order valence-electron chi connectivity index (χ1n) is 3.44. The fourth-order valence-electron chi connectivity index (χ4n) is 1.07. The third-order valence-electron chi connectivity index (χ3n) is 1.76. The quantitative estimate of drug-likeness (QED) is 0.498. The van der Waals surface area contributed by atoms with Gasteiger partial charge in [0.15, 0.2) is 0 Å². The van der Waals surface area contributed by atoms with Crippen LogP contribution in [0.25, 0.3) is 0 Å². The average molecular weight is 128 g/mol. The van der Waals surface area contributed by atoms with E-state index in [0.717, 1.165) is 12.8 Å². The molecule has 1 saturated heterocycles. The summed E-state index contributed by atoms with van der Waals surface area (Å²) in [6.07, 6.45) is 2.07. The van der Waals surface area contributed by atoms with Crippen molar-refractivity contribution in [2.45, 2.75) is 32.8 Å². The molecule has 1 aliphatic heterocycles. The number of esters is 1. The van der Waals surface area contributed by atoms with Crippen LogP contribution in [0.5, 0.6) is 0 Å². The number of carbonyl (C=O) groups excluding carboxylic acids is 1. The Morgan fingerprint density at radius 2 is 2.44 bits per heavy atom. The van der Waals surface area contributed by atoms with Gasteiger partial charge < -0.3 is 4.74 Å². The topological polar surface area (TPSA) is 26.3 Å². The van der Waals surface area contributed by atoms with E-state index in [9.17, 15) is 4.79 Å². The SMILES string of the molecule is CCC1CC(C)C(=O)O1. The van der Waals surface area contributed by atoms with Gasteiger partial charge in [-0.15, -0.1) is 0 Å². The van der Waals surface area contributed by atoms with Crippen LogP contribution < -0.4 is 0 Å². The van der Waals surface area contributed by atoms with Crippen LogP contribution in [0.4, 0.5) is 0 Å². The van der Waals surface area contributed by atoms with E-state index in [1.807, 2.05) is 13.8 Å². The van der Waals surface area contributed by atoms with Crippen molar-refractivity contribution in [1.82, 2.24) is 0 Å². The molecule has 2 unspecified atom stereocenters.